The Bertz CT molecular complexity index is 521. The van der Waals surface area contributed by atoms with E-state index < -0.39 is 19.7 Å². The van der Waals surface area contributed by atoms with Crippen LogP contribution in [0.3, 0.4) is 0 Å². The van der Waals surface area contributed by atoms with Gasteiger partial charge >= 0.3 is 0 Å². The van der Waals surface area contributed by atoms with E-state index in [0.717, 1.165) is 12.8 Å². The van der Waals surface area contributed by atoms with Crippen molar-refractivity contribution in [1.82, 2.24) is 5.32 Å². The summed E-state index contributed by atoms with van der Waals surface area (Å²) in [6.07, 6.45) is 5.19. The fourth-order valence-electron chi connectivity index (χ4n) is 2.58. The zero-order chi connectivity index (χ0) is 12.7. The molecule has 98 valence electrons. The topological polar surface area (TPSA) is 80.3 Å². The first-order valence-corrected chi connectivity index (χ1v) is 9.31. The maximum absolute atomic E-state index is 11.6. The molecule has 1 heterocycles. The van der Waals surface area contributed by atoms with Gasteiger partial charge in [0.25, 0.3) is 0 Å². The highest BCUT2D eigenvalue weighted by molar-refractivity contribution is 7.94. The van der Waals surface area contributed by atoms with E-state index in [1.54, 1.807) is 6.08 Å². The van der Waals surface area contributed by atoms with Crippen LogP contribution in [0.2, 0.25) is 0 Å². The van der Waals surface area contributed by atoms with Crippen LogP contribution in [0.4, 0.5) is 0 Å². The molecule has 0 aromatic heterocycles. The average molecular weight is 279 g/mol. The van der Waals surface area contributed by atoms with Crippen molar-refractivity contribution in [3.05, 3.63) is 11.5 Å². The standard InChI is InChI=1S/C10H17NO4S2/c1-16(12,13)10-4-2-3-9(10)11-8-5-6-17(14,15)7-8/h5-6,8-11H,2-4,7H2,1H3. The van der Waals surface area contributed by atoms with Gasteiger partial charge in [-0.25, -0.2) is 16.8 Å². The Morgan fingerprint density at radius 3 is 2.53 bits per heavy atom. The van der Waals surface area contributed by atoms with Crippen molar-refractivity contribution in [1.29, 1.82) is 0 Å². The van der Waals surface area contributed by atoms with Gasteiger partial charge in [0.1, 0.15) is 0 Å². The summed E-state index contributed by atoms with van der Waals surface area (Å²) in [5, 5.41) is 3.97. The molecule has 7 heteroatoms. The van der Waals surface area contributed by atoms with Crippen LogP contribution in [0.25, 0.3) is 0 Å². The van der Waals surface area contributed by atoms with Crippen molar-refractivity contribution >= 4 is 19.7 Å². The Labute approximate surface area is 102 Å². The third-order valence-electron chi connectivity index (χ3n) is 3.36. The second-order valence-corrected chi connectivity index (χ2v) is 9.03. The molecule has 0 aromatic rings. The largest absolute Gasteiger partial charge is 0.305 e. The average Bonchev–Trinajstić information content (AvgIpc) is 2.72. The van der Waals surface area contributed by atoms with Crippen LogP contribution in [0.5, 0.6) is 0 Å². The zero-order valence-corrected chi connectivity index (χ0v) is 11.3. The lowest BCUT2D eigenvalue weighted by Gasteiger charge is -2.22. The third-order valence-corrected chi connectivity index (χ3v) is 6.42. The molecule has 0 radical (unpaired) electrons. The number of hydrogen-bond acceptors (Lipinski definition) is 5. The van der Waals surface area contributed by atoms with Crippen LogP contribution in [-0.2, 0) is 19.7 Å². The quantitative estimate of drug-likeness (QED) is 0.777. The monoisotopic (exact) mass is 279 g/mol. The summed E-state index contributed by atoms with van der Waals surface area (Å²) in [4.78, 5) is 0. The second kappa shape index (κ2) is 4.37. The van der Waals surface area contributed by atoms with E-state index in [4.69, 9.17) is 0 Å². The first kappa shape index (κ1) is 13.0. The van der Waals surface area contributed by atoms with Crippen molar-refractivity contribution in [3.63, 3.8) is 0 Å². The van der Waals surface area contributed by atoms with Crippen molar-refractivity contribution in [3.8, 4) is 0 Å². The highest BCUT2D eigenvalue weighted by atomic mass is 32.2. The van der Waals surface area contributed by atoms with Gasteiger partial charge in [0.15, 0.2) is 19.7 Å². The minimum absolute atomic E-state index is 0.0416. The Kier molecular flexibility index (Phi) is 3.35. The molecule has 1 aliphatic carbocycles. The summed E-state index contributed by atoms with van der Waals surface area (Å²) >= 11 is 0. The van der Waals surface area contributed by atoms with Crippen molar-refractivity contribution in [2.45, 2.75) is 36.6 Å². The van der Waals surface area contributed by atoms with E-state index in [9.17, 15) is 16.8 Å². The summed E-state index contributed by atoms with van der Waals surface area (Å²) in [5.74, 6) is 0.0416. The van der Waals surface area contributed by atoms with E-state index in [1.165, 1.54) is 11.7 Å². The Balaban J connectivity index is 2.03. The highest BCUT2D eigenvalue weighted by Gasteiger charge is 2.36. The Hall–Kier alpha value is -0.400. The molecule has 1 aliphatic heterocycles. The predicted octanol–water partition coefficient (Wildman–Crippen LogP) is -0.148. The maximum Gasteiger partial charge on any atom is 0.173 e. The third kappa shape index (κ3) is 3.08. The fraction of sp³-hybridized carbons (Fsp3) is 0.800. The summed E-state index contributed by atoms with van der Waals surface area (Å²) in [5.41, 5.74) is 0. The first-order valence-electron chi connectivity index (χ1n) is 5.64. The van der Waals surface area contributed by atoms with Crippen molar-refractivity contribution in [2.24, 2.45) is 0 Å². The molecule has 17 heavy (non-hydrogen) atoms. The van der Waals surface area contributed by atoms with Crippen LogP contribution in [-0.4, -0.2) is 46.2 Å². The summed E-state index contributed by atoms with van der Waals surface area (Å²) in [7, 11) is -6.14. The van der Waals surface area contributed by atoms with Crippen LogP contribution in [0.1, 0.15) is 19.3 Å². The molecule has 2 aliphatic rings. The van der Waals surface area contributed by atoms with Crippen LogP contribution in [0, 0.1) is 0 Å². The minimum atomic E-state index is -3.08. The predicted molar refractivity (Wildman–Crippen MR) is 66.1 cm³/mol. The lowest BCUT2D eigenvalue weighted by molar-refractivity contribution is 0.486. The molecule has 3 atom stereocenters. The molecule has 0 spiro atoms. The Morgan fingerprint density at radius 1 is 1.29 bits per heavy atom. The molecular formula is C10H17NO4S2. The number of rotatable bonds is 3. The number of nitrogens with one attached hydrogen (secondary N) is 1. The van der Waals surface area contributed by atoms with E-state index in [2.05, 4.69) is 5.32 Å². The maximum atomic E-state index is 11.6. The molecular weight excluding hydrogens is 262 g/mol. The molecule has 2 rings (SSSR count). The lowest BCUT2D eigenvalue weighted by Crippen LogP contribution is -2.45. The molecule has 0 aromatic carbocycles. The second-order valence-electron chi connectivity index (χ2n) is 4.84. The molecule has 1 N–H and O–H groups in total. The lowest BCUT2D eigenvalue weighted by atomic mass is 10.2. The molecule has 5 nitrogen and oxygen atoms in total. The molecule has 1 fully saturated rings. The molecule has 3 unspecified atom stereocenters. The van der Waals surface area contributed by atoms with Crippen LogP contribution < -0.4 is 5.32 Å². The van der Waals surface area contributed by atoms with Gasteiger partial charge in [0, 0.05) is 23.7 Å². The number of hydrogen-bond donors (Lipinski definition) is 1. The van der Waals surface area contributed by atoms with Gasteiger partial charge in [-0.05, 0) is 12.8 Å². The van der Waals surface area contributed by atoms with E-state index in [0.29, 0.717) is 6.42 Å². The van der Waals surface area contributed by atoms with Crippen LogP contribution >= 0.6 is 0 Å². The number of sulfone groups is 2. The van der Waals surface area contributed by atoms with Crippen molar-refractivity contribution < 1.29 is 16.8 Å². The normalized spacial score (nSPS) is 36.4. The van der Waals surface area contributed by atoms with E-state index in [-0.39, 0.29) is 23.1 Å². The zero-order valence-electron chi connectivity index (χ0n) is 9.66. The minimum Gasteiger partial charge on any atom is -0.305 e. The molecule has 0 saturated heterocycles. The van der Waals surface area contributed by atoms with E-state index in [1.807, 2.05) is 0 Å². The van der Waals surface area contributed by atoms with Gasteiger partial charge in [-0.15, -0.1) is 0 Å². The molecule has 1 saturated carbocycles. The van der Waals surface area contributed by atoms with Gasteiger partial charge in [-0.1, -0.05) is 12.5 Å². The van der Waals surface area contributed by atoms with Gasteiger partial charge in [0.05, 0.1) is 11.0 Å². The SMILES string of the molecule is CS(=O)(=O)C1CCCC1NC1C=CS(=O)(=O)C1. The summed E-state index contributed by atoms with van der Waals surface area (Å²) in [6.45, 7) is 0. The highest BCUT2D eigenvalue weighted by Crippen LogP contribution is 2.26. The van der Waals surface area contributed by atoms with Gasteiger partial charge in [-0.3, -0.25) is 0 Å². The molecule has 0 bridgehead atoms. The van der Waals surface area contributed by atoms with E-state index >= 15 is 0 Å². The van der Waals surface area contributed by atoms with Gasteiger partial charge in [-0.2, -0.15) is 0 Å². The summed E-state index contributed by atoms with van der Waals surface area (Å²) < 4.78 is 45.6. The van der Waals surface area contributed by atoms with Gasteiger partial charge < -0.3 is 5.32 Å². The smallest absolute Gasteiger partial charge is 0.173 e. The van der Waals surface area contributed by atoms with Crippen LogP contribution in [0.15, 0.2) is 11.5 Å². The Morgan fingerprint density at radius 2 is 2.00 bits per heavy atom. The van der Waals surface area contributed by atoms with Crippen molar-refractivity contribution in [2.75, 3.05) is 12.0 Å². The molecule has 0 amide bonds. The first-order chi connectivity index (χ1) is 7.78. The fourth-order valence-corrected chi connectivity index (χ4v) is 5.24. The summed E-state index contributed by atoms with van der Waals surface area (Å²) in [6, 6.07) is -0.361. The van der Waals surface area contributed by atoms with Gasteiger partial charge in [0.2, 0.25) is 0 Å².